The van der Waals surface area contributed by atoms with E-state index in [0.29, 0.717) is 17.2 Å². The number of hydrogen-bond acceptors (Lipinski definition) is 2. The number of carbonyl (C=O) groups is 2. The Morgan fingerprint density at radius 1 is 1.28 bits per heavy atom. The first-order valence-corrected chi connectivity index (χ1v) is 6.23. The SMILES string of the molecule is CC(=O)c1cccc(NC(=O)NC2CC(C)C2)c1. The molecule has 1 aliphatic carbocycles. The lowest BCUT2D eigenvalue weighted by Crippen LogP contribution is -2.45. The van der Waals surface area contributed by atoms with Crippen molar-refractivity contribution in [1.82, 2.24) is 5.32 Å². The Morgan fingerprint density at radius 2 is 2.00 bits per heavy atom. The first-order valence-electron chi connectivity index (χ1n) is 6.23. The van der Waals surface area contributed by atoms with Crippen LogP contribution in [0.25, 0.3) is 0 Å². The van der Waals surface area contributed by atoms with Gasteiger partial charge < -0.3 is 10.6 Å². The minimum Gasteiger partial charge on any atom is -0.335 e. The second kappa shape index (κ2) is 5.21. The van der Waals surface area contributed by atoms with Gasteiger partial charge in [0.15, 0.2) is 5.78 Å². The second-order valence-corrected chi connectivity index (χ2v) is 5.01. The molecule has 0 aliphatic heterocycles. The largest absolute Gasteiger partial charge is 0.335 e. The van der Waals surface area contributed by atoms with E-state index in [-0.39, 0.29) is 17.9 Å². The zero-order valence-electron chi connectivity index (χ0n) is 10.7. The van der Waals surface area contributed by atoms with E-state index < -0.39 is 0 Å². The van der Waals surface area contributed by atoms with Gasteiger partial charge in [0.2, 0.25) is 0 Å². The standard InChI is InChI=1S/C14H18N2O2/c1-9-6-13(7-9)16-14(18)15-12-5-3-4-11(8-12)10(2)17/h3-5,8-9,13H,6-7H2,1-2H3,(H2,15,16,18). The summed E-state index contributed by atoms with van der Waals surface area (Å²) in [4.78, 5) is 22.9. The maximum Gasteiger partial charge on any atom is 0.319 e. The number of nitrogens with one attached hydrogen (secondary N) is 2. The summed E-state index contributed by atoms with van der Waals surface area (Å²) in [7, 11) is 0. The molecule has 0 saturated heterocycles. The maximum absolute atomic E-state index is 11.7. The quantitative estimate of drug-likeness (QED) is 0.806. The van der Waals surface area contributed by atoms with E-state index in [1.165, 1.54) is 6.92 Å². The summed E-state index contributed by atoms with van der Waals surface area (Å²) in [6.45, 7) is 3.68. The van der Waals surface area contributed by atoms with Crippen molar-refractivity contribution in [3.63, 3.8) is 0 Å². The van der Waals surface area contributed by atoms with Crippen LogP contribution in [-0.2, 0) is 0 Å². The van der Waals surface area contributed by atoms with Crippen molar-refractivity contribution in [2.45, 2.75) is 32.7 Å². The van der Waals surface area contributed by atoms with Crippen LogP contribution < -0.4 is 10.6 Å². The van der Waals surface area contributed by atoms with Gasteiger partial charge in [0, 0.05) is 17.3 Å². The number of anilines is 1. The molecular formula is C14H18N2O2. The monoisotopic (exact) mass is 246 g/mol. The molecule has 0 bridgehead atoms. The summed E-state index contributed by atoms with van der Waals surface area (Å²) < 4.78 is 0. The van der Waals surface area contributed by atoms with Gasteiger partial charge in [-0.05, 0) is 37.8 Å². The molecule has 0 heterocycles. The summed E-state index contributed by atoms with van der Waals surface area (Å²) in [6, 6.07) is 7.04. The summed E-state index contributed by atoms with van der Waals surface area (Å²) in [5.41, 5.74) is 1.25. The van der Waals surface area contributed by atoms with Crippen LogP contribution in [0.15, 0.2) is 24.3 Å². The Balaban J connectivity index is 1.90. The second-order valence-electron chi connectivity index (χ2n) is 5.01. The van der Waals surface area contributed by atoms with Crippen molar-refractivity contribution in [2.75, 3.05) is 5.32 Å². The van der Waals surface area contributed by atoms with E-state index in [0.717, 1.165) is 12.8 Å². The highest BCUT2D eigenvalue weighted by atomic mass is 16.2. The van der Waals surface area contributed by atoms with Gasteiger partial charge in [-0.3, -0.25) is 4.79 Å². The van der Waals surface area contributed by atoms with Gasteiger partial charge in [-0.25, -0.2) is 4.79 Å². The van der Waals surface area contributed by atoms with Crippen LogP contribution in [0.1, 0.15) is 37.0 Å². The lowest BCUT2D eigenvalue weighted by molar-refractivity contribution is 0.101. The van der Waals surface area contributed by atoms with Gasteiger partial charge in [0.05, 0.1) is 0 Å². The summed E-state index contributed by atoms with van der Waals surface area (Å²) in [5.74, 6) is 0.697. The molecule has 0 atom stereocenters. The highest BCUT2D eigenvalue weighted by Gasteiger charge is 2.26. The minimum absolute atomic E-state index is 0.00752. The molecule has 4 nitrogen and oxygen atoms in total. The predicted molar refractivity (Wildman–Crippen MR) is 70.8 cm³/mol. The van der Waals surface area contributed by atoms with Crippen LogP contribution in [0.3, 0.4) is 0 Å². The molecule has 0 spiro atoms. The number of urea groups is 1. The fraction of sp³-hybridized carbons (Fsp3) is 0.429. The van der Waals surface area contributed by atoms with E-state index in [4.69, 9.17) is 0 Å². The summed E-state index contributed by atoms with van der Waals surface area (Å²) >= 11 is 0. The predicted octanol–water partition coefficient (Wildman–Crippen LogP) is 2.81. The van der Waals surface area contributed by atoms with Crippen LogP contribution in [0.4, 0.5) is 10.5 Å². The molecule has 2 amide bonds. The smallest absolute Gasteiger partial charge is 0.319 e. The van der Waals surface area contributed by atoms with Crippen molar-refractivity contribution >= 4 is 17.5 Å². The number of rotatable bonds is 3. The first-order chi connectivity index (χ1) is 8.54. The number of amides is 2. The van der Waals surface area contributed by atoms with E-state index in [9.17, 15) is 9.59 Å². The molecule has 2 N–H and O–H groups in total. The minimum atomic E-state index is -0.201. The lowest BCUT2D eigenvalue weighted by Gasteiger charge is -2.33. The van der Waals surface area contributed by atoms with E-state index in [1.807, 2.05) is 0 Å². The van der Waals surface area contributed by atoms with E-state index in [1.54, 1.807) is 24.3 Å². The fourth-order valence-corrected chi connectivity index (χ4v) is 2.19. The number of benzene rings is 1. The van der Waals surface area contributed by atoms with Crippen LogP contribution in [0.5, 0.6) is 0 Å². The molecule has 1 aromatic carbocycles. The highest BCUT2D eigenvalue weighted by Crippen LogP contribution is 2.26. The van der Waals surface area contributed by atoms with Gasteiger partial charge in [-0.1, -0.05) is 19.1 Å². The van der Waals surface area contributed by atoms with Crippen molar-refractivity contribution in [1.29, 1.82) is 0 Å². The Kier molecular flexibility index (Phi) is 3.65. The third-order valence-corrected chi connectivity index (χ3v) is 3.24. The number of ketones is 1. The summed E-state index contributed by atoms with van der Waals surface area (Å²) in [6.07, 6.45) is 2.09. The topological polar surface area (TPSA) is 58.2 Å². The molecule has 2 rings (SSSR count). The molecule has 0 aromatic heterocycles. The van der Waals surface area contributed by atoms with Gasteiger partial charge in [0.1, 0.15) is 0 Å². The van der Waals surface area contributed by atoms with Gasteiger partial charge in [-0.2, -0.15) is 0 Å². The molecule has 0 unspecified atom stereocenters. The summed E-state index contributed by atoms with van der Waals surface area (Å²) in [5, 5.41) is 5.66. The third-order valence-electron chi connectivity index (χ3n) is 3.24. The third kappa shape index (κ3) is 3.09. The fourth-order valence-electron chi connectivity index (χ4n) is 2.19. The average Bonchev–Trinajstić information content (AvgIpc) is 2.27. The van der Waals surface area contributed by atoms with E-state index in [2.05, 4.69) is 17.6 Å². The molecule has 4 heteroatoms. The number of hydrogen-bond donors (Lipinski definition) is 2. The first kappa shape index (κ1) is 12.6. The number of Topliss-reactive ketones (excluding diaryl/α,β-unsaturated/α-hetero) is 1. The van der Waals surface area contributed by atoms with Crippen molar-refractivity contribution in [3.8, 4) is 0 Å². The van der Waals surface area contributed by atoms with Crippen LogP contribution in [0, 0.1) is 5.92 Å². The van der Waals surface area contributed by atoms with Gasteiger partial charge >= 0.3 is 6.03 Å². The zero-order valence-corrected chi connectivity index (χ0v) is 10.7. The van der Waals surface area contributed by atoms with Gasteiger partial charge in [0.25, 0.3) is 0 Å². The molecule has 1 aliphatic rings. The zero-order chi connectivity index (χ0) is 13.1. The molecular weight excluding hydrogens is 228 g/mol. The molecule has 1 fully saturated rings. The molecule has 1 aromatic rings. The van der Waals surface area contributed by atoms with Crippen molar-refractivity contribution < 1.29 is 9.59 Å². The molecule has 1 saturated carbocycles. The van der Waals surface area contributed by atoms with E-state index >= 15 is 0 Å². The van der Waals surface area contributed by atoms with Crippen LogP contribution in [0.2, 0.25) is 0 Å². The van der Waals surface area contributed by atoms with Gasteiger partial charge in [-0.15, -0.1) is 0 Å². The Bertz CT molecular complexity index is 465. The molecule has 18 heavy (non-hydrogen) atoms. The average molecular weight is 246 g/mol. The van der Waals surface area contributed by atoms with Crippen LogP contribution in [-0.4, -0.2) is 17.9 Å². The maximum atomic E-state index is 11.7. The van der Waals surface area contributed by atoms with Crippen LogP contribution >= 0.6 is 0 Å². The number of carbonyl (C=O) groups excluding carboxylic acids is 2. The van der Waals surface area contributed by atoms with Crippen molar-refractivity contribution in [2.24, 2.45) is 5.92 Å². The lowest BCUT2D eigenvalue weighted by atomic mass is 9.82. The highest BCUT2D eigenvalue weighted by molar-refractivity contribution is 5.96. The van der Waals surface area contributed by atoms with Crippen molar-refractivity contribution in [3.05, 3.63) is 29.8 Å². The Hall–Kier alpha value is -1.84. The Morgan fingerprint density at radius 3 is 2.61 bits per heavy atom. The Labute approximate surface area is 107 Å². The normalized spacial score (nSPS) is 21.9. The molecule has 0 radical (unpaired) electrons. The molecule has 96 valence electrons.